The molecule has 0 aliphatic carbocycles. The second-order valence-corrected chi connectivity index (χ2v) is 13.8. The normalized spacial score (nSPS) is 10.8. The highest BCUT2D eigenvalue weighted by molar-refractivity contribution is 6.18. The zero-order chi connectivity index (χ0) is 42.1. The molecular formula is C37H44Cl2N14O5. The summed E-state index contributed by atoms with van der Waals surface area (Å²) in [5.74, 6) is -1.45. The monoisotopic (exact) mass is 834 g/mol. The summed E-state index contributed by atoms with van der Waals surface area (Å²) >= 11 is 11.8. The lowest BCUT2D eigenvalue weighted by Gasteiger charge is -2.22. The van der Waals surface area contributed by atoms with Gasteiger partial charge in [0.2, 0.25) is 0 Å². The van der Waals surface area contributed by atoms with Crippen LogP contribution < -0.4 is 42.5 Å². The number of nitrogens with one attached hydrogen (secondary N) is 7. The Morgan fingerprint density at radius 1 is 0.638 bits per heavy atom. The van der Waals surface area contributed by atoms with Gasteiger partial charge in [-0.25, -0.2) is 0 Å². The number of nitrogens with zero attached hydrogens (tertiary/aromatic N) is 6. The molecule has 21 heteroatoms. The highest BCUT2D eigenvalue weighted by Crippen LogP contribution is 2.21. The third-order valence-electron chi connectivity index (χ3n) is 8.77. The van der Waals surface area contributed by atoms with Crippen LogP contribution in [0.25, 0.3) is 0 Å². The van der Waals surface area contributed by atoms with E-state index in [0.29, 0.717) is 53.2 Å². The molecule has 0 unspecified atom stereocenters. The number of halogens is 2. The standard InChI is InChI=1S/C37H44Cl2N14O5/c1-49-19-23(15-27(49)33(55)42-11-12-43-37(40)41)44-34(56)28-16-24(20-50(28)2)45-35(57)29-17-25(21-51(29)3)46-36(58)30-18-31(48-52(30)4)47-32(54)22-5-7-26(8-6-22)53(13-9-38)14-10-39/h5-8,15-21H,9-14H2,1-4H3,(H,42,55)(H,44,56)(H,45,57)(H,46,58)(H4,40,41,43)(H,47,48,54). The molecule has 4 aromatic heterocycles. The number of amides is 5. The van der Waals surface area contributed by atoms with Crippen LogP contribution in [0.15, 0.2) is 67.1 Å². The lowest BCUT2D eigenvalue weighted by Crippen LogP contribution is -2.38. The van der Waals surface area contributed by atoms with Gasteiger partial charge >= 0.3 is 0 Å². The molecule has 0 spiro atoms. The number of rotatable bonds is 17. The Labute approximate surface area is 343 Å². The van der Waals surface area contributed by atoms with Gasteiger partial charge in [-0.05, 0) is 42.5 Å². The molecule has 0 aliphatic rings. The van der Waals surface area contributed by atoms with Gasteiger partial charge in [0.1, 0.15) is 22.8 Å². The van der Waals surface area contributed by atoms with Crippen molar-refractivity contribution in [1.29, 1.82) is 5.41 Å². The summed E-state index contributed by atoms with van der Waals surface area (Å²) in [5.41, 5.74) is 8.49. The van der Waals surface area contributed by atoms with Crippen LogP contribution in [0, 0.1) is 5.41 Å². The van der Waals surface area contributed by atoms with E-state index in [-0.39, 0.29) is 47.9 Å². The summed E-state index contributed by atoms with van der Waals surface area (Å²) in [7, 11) is 6.52. The first-order valence-corrected chi connectivity index (χ1v) is 18.9. The van der Waals surface area contributed by atoms with Crippen LogP contribution >= 0.6 is 23.2 Å². The predicted octanol–water partition coefficient (Wildman–Crippen LogP) is 2.94. The molecule has 9 N–H and O–H groups in total. The number of hydrogen-bond donors (Lipinski definition) is 8. The average Bonchev–Trinajstić information content (AvgIpc) is 3.94. The van der Waals surface area contributed by atoms with E-state index in [1.165, 1.54) is 33.5 Å². The Morgan fingerprint density at radius 2 is 1.09 bits per heavy atom. The number of aryl methyl sites for hydroxylation is 4. The molecular weight excluding hydrogens is 791 g/mol. The fraction of sp³-hybridized carbons (Fsp3) is 0.270. The zero-order valence-electron chi connectivity index (χ0n) is 32.2. The van der Waals surface area contributed by atoms with Crippen molar-refractivity contribution in [2.24, 2.45) is 33.9 Å². The second-order valence-electron chi connectivity index (χ2n) is 13.0. The van der Waals surface area contributed by atoms with E-state index in [0.717, 1.165) is 5.69 Å². The van der Waals surface area contributed by atoms with Crippen molar-refractivity contribution in [3.63, 3.8) is 0 Å². The summed E-state index contributed by atoms with van der Waals surface area (Å²) in [6.07, 6.45) is 4.73. The quantitative estimate of drug-likeness (QED) is 0.0297. The number of carbonyl (C=O) groups is 5. The largest absolute Gasteiger partial charge is 0.370 e. The van der Waals surface area contributed by atoms with Crippen LogP contribution in [-0.4, -0.2) is 96.9 Å². The minimum absolute atomic E-state index is 0.155. The van der Waals surface area contributed by atoms with Crippen molar-refractivity contribution in [2.45, 2.75) is 0 Å². The summed E-state index contributed by atoms with van der Waals surface area (Å²) in [5, 5.41) is 27.8. The van der Waals surface area contributed by atoms with Gasteiger partial charge in [0.25, 0.3) is 29.5 Å². The number of carbonyl (C=O) groups excluding carboxylic acids is 5. The van der Waals surface area contributed by atoms with Gasteiger partial charge in [-0.1, -0.05) is 0 Å². The van der Waals surface area contributed by atoms with E-state index >= 15 is 0 Å². The summed E-state index contributed by atoms with van der Waals surface area (Å²) < 4.78 is 5.97. The van der Waals surface area contributed by atoms with Gasteiger partial charge in [0.15, 0.2) is 11.8 Å². The molecule has 0 fully saturated rings. The number of hydrogen-bond acceptors (Lipinski definition) is 8. The first-order chi connectivity index (χ1) is 27.7. The van der Waals surface area contributed by atoms with Gasteiger partial charge in [0, 0.05) is 102 Å². The average molecular weight is 836 g/mol. The fourth-order valence-corrected chi connectivity index (χ4v) is 6.36. The van der Waals surface area contributed by atoms with Gasteiger partial charge in [-0.15, -0.1) is 23.2 Å². The van der Waals surface area contributed by atoms with E-state index < -0.39 is 23.6 Å². The van der Waals surface area contributed by atoms with E-state index in [2.05, 4.69) is 37.0 Å². The molecule has 0 aliphatic heterocycles. The molecule has 0 bridgehead atoms. The highest BCUT2D eigenvalue weighted by Gasteiger charge is 2.21. The number of guanidine groups is 1. The maximum atomic E-state index is 13.3. The first kappa shape index (κ1) is 42.4. The molecule has 0 saturated heterocycles. The van der Waals surface area contributed by atoms with Crippen molar-refractivity contribution in [3.8, 4) is 0 Å². The van der Waals surface area contributed by atoms with E-state index in [1.807, 2.05) is 17.0 Å². The molecule has 5 amide bonds. The first-order valence-electron chi connectivity index (χ1n) is 17.8. The van der Waals surface area contributed by atoms with Gasteiger partial charge in [-0.3, -0.25) is 34.1 Å². The summed E-state index contributed by atoms with van der Waals surface area (Å²) in [6.45, 7) is 1.74. The lowest BCUT2D eigenvalue weighted by molar-refractivity contribution is 0.0943. The zero-order valence-corrected chi connectivity index (χ0v) is 33.7. The third-order valence-corrected chi connectivity index (χ3v) is 9.11. The minimum atomic E-state index is -0.525. The van der Waals surface area contributed by atoms with Crippen LogP contribution in [-0.2, 0) is 28.2 Å². The highest BCUT2D eigenvalue weighted by atomic mass is 35.5. The topological polar surface area (TPSA) is 243 Å². The second kappa shape index (κ2) is 18.9. The van der Waals surface area contributed by atoms with Crippen LogP contribution in [0.3, 0.4) is 0 Å². The Kier molecular flexibility index (Phi) is 13.8. The smallest absolute Gasteiger partial charge is 0.274 e. The van der Waals surface area contributed by atoms with Crippen molar-refractivity contribution in [1.82, 2.24) is 34.1 Å². The lowest BCUT2D eigenvalue weighted by atomic mass is 10.2. The Morgan fingerprint density at radius 3 is 1.55 bits per heavy atom. The number of nitrogens with two attached hydrogens (primary N) is 1. The van der Waals surface area contributed by atoms with Crippen molar-refractivity contribution >= 4 is 87.3 Å². The van der Waals surface area contributed by atoms with Crippen LogP contribution in [0.1, 0.15) is 52.3 Å². The van der Waals surface area contributed by atoms with Crippen LogP contribution in [0.4, 0.5) is 28.6 Å². The molecule has 0 radical (unpaired) electrons. The summed E-state index contributed by atoms with van der Waals surface area (Å²) in [4.78, 5) is 67.3. The van der Waals surface area contributed by atoms with Gasteiger partial charge in [0.05, 0.1) is 17.1 Å². The molecule has 306 valence electrons. The van der Waals surface area contributed by atoms with E-state index in [4.69, 9.17) is 34.3 Å². The molecule has 0 saturated carbocycles. The van der Waals surface area contributed by atoms with Crippen molar-refractivity contribution in [2.75, 3.05) is 64.1 Å². The van der Waals surface area contributed by atoms with Crippen LogP contribution in [0.5, 0.6) is 0 Å². The maximum Gasteiger partial charge on any atom is 0.274 e. The maximum absolute atomic E-state index is 13.3. The van der Waals surface area contributed by atoms with Crippen LogP contribution in [0.2, 0.25) is 0 Å². The summed E-state index contributed by atoms with van der Waals surface area (Å²) in [6, 6.07) is 12.9. The Balaban J connectivity index is 1.16. The third kappa shape index (κ3) is 10.6. The molecule has 0 atom stereocenters. The van der Waals surface area contributed by atoms with E-state index in [1.54, 1.807) is 68.0 Å². The molecule has 5 aromatic rings. The molecule has 4 heterocycles. The SMILES string of the molecule is Cn1cc(NC(=O)c2cc(NC(=O)c3cc(NC(=O)c4cc(NC(=O)c5ccc(N(CCCl)CCCl)cc5)nn4C)cn3C)cn2C)cc1C(=O)NCCNC(=N)N. The minimum Gasteiger partial charge on any atom is -0.370 e. The number of anilines is 5. The fourth-order valence-electron chi connectivity index (χ4n) is 5.95. The molecule has 19 nitrogen and oxygen atoms in total. The van der Waals surface area contributed by atoms with Gasteiger partial charge in [-0.2, -0.15) is 5.10 Å². The van der Waals surface area contributed by atoms with Crippen molar-refractivity contribution in [3.05, 3.63) is 95.5 Å². The predicted molar refractivity (Wildman–Crippen MR) is 224 cm³/mol. The Bertz CT molecular complexity index is 2320. The molecule has 1 aromatic carbocycles. The Hall–Kier alpha value is -6.73. The molecule has 58 heavy (non-hydrogen) atoms. The number of alkyl halides is 2. The van der Waals surface area contributed by atoms with E-state index in [9.17, 15) is 24.0 Å². The van der Waals surface area contributed by atoms with Gasteiger partial charge < -0.3 is 56.2 Å². The van der Waals surface area contributed by atoms with Crippen molar-refractivity contribution < 1.29 is 24.0 Å². The number of aromatic nitrogens is 5. The molecule has 5 rings (SSSR count). The number of benzene rings is 1.